The van der Waals surface area contributed by atoms with E-state index in [4.69, 9.17) is 28.9 Å². The number of ether oxygens (including phenoxy) is 4. The molecule has 5 heterocycles. The number of likely N-dealkylation sites (tertiary alicyclic amines) is 2. The summed E-state index contributed by atoms with van der Waals surface area (Å²) in [4.78, 5) is 72.1. The molecule has 5 aliphatic rings. The van der Waals surface area contributed by atoms with Gasteiger partial charge in [-0.2, -0.15) is 0 Å². The van der Waals surface area contributed by atoms with Gasteiger partial charge in [0.05, 0.1) is 62.3 Å². The summed E-state index contributed by atoms with van der Waals surface area (Å²) in [5.74, 6) is 3.14. The van der Waals surface area contributed by atoms with Gasteiger partial charge >= 0.3 is 12.2 Å². The number of imidazole rings is 2. The Bertz CT molecular complexity index is 2200. The Labute approximate surface area is 357 Å². The molecule has 9 rings (SSSR count). The topological polar surface area (TPSA) is 234 Å². The van der Waals surface area contributed by atoms with Crippen molar-refractivity contribution in [2.24, 2.45) is 11.8 Å². The molecular formula is C44H52N8O10. The van der Waals surface area contributed by atoms with E-state index >= 15 is 0 Å². The first-order valence-corrected chi connectivity index (χ1v) is 21.4. The third-order valence-corrected chi connectivity index (χ3v) is 13.4. The van der Waals surface area contributed by atoms with Crippen molar-refractivity contribution in [2.45, 2.75) is 114 Å². The number of nitrogens with zero attached hydrogens (tertiary/aromatic N) is 4. The van der Waals surface area contributed by atoms with Crippen LogP contribution in [0.4, 0.5) is 9.59 Å². The largest absolute Gasteiger partial charge is 0.453 e. The summed E-state index contributed by atoms with van der Waals surface area (Å²) in [6.45, 7) is 2.95. The van der Waals surface area contributed by atoms with Crippen molar-refractivity contribution in [2.75, 3.05) is 14.2 Å². The summed E-state index contributed by atoms with van der Waals surface area (Å²) in [5, 5.41) is 26.0. The van der Waals surface area contributed by atoms with Gasteiger partial charge in [-0.25, -0.2) is 19.6 Å². The quantitative estimate of drug-likeness (QED) is 0.103. The van der Waals surface area contributed by atoms with Crippen LogP contribution in [0.2, 0.25) is 0 Å². The highest BCUT2D eigenvalue weighted by atomic mass is 16.6. The Balaban J connectivity index is 0.911. The lowest BCUT2D eigenvalue weighted by Crippen LogP contribution is -2.55. The second-order valence-corrected chi connectivity index (χ2v) is 17.1. The lowest BCUT2D eigenvalue weighted by atomic mass is 10.0. The summed E-state index contributed by atoms with van der Waals surface area (Å²) in [7, 11) is 2.43. The highest BCUT2D eigenvalue weighted by Gasteiger charge is 2.51. The van der Waals surface area contributed by atoms with Gasteiger partial charge < -0.3 is 59.6 Å². The van der Waals surface area contributed by atoms with E-state index in [9.17, 15) is 29.4 Å². The van der Waals surface area contributed by atoms with E-state index in [2.05, 4.69) is 20.6 Å². The number of aromatic amines is 2. The highest BCUT2D eigenvalue weighted by molar-refractivity contribution is 5.88. The Kier molecular flexibility index (Phi) is 11.0. The van der Waals surface area contributed by atoms with Crippen LogP contribution in [0.15, 0.2) is 48.8 Å². The number of amides is 4. The smallest absolute Gasteiger partial charge is 0.407 e. The Morgan fingerprint density at radius 1 is 0.677 bits per heavy atom. The fourth-order valence-electron chi connectivity index (χ4n) is 10.4. The molecule has 6 N–H and O–H groups in total. The van der Waals surface area contributed by atoms with Crippen molar-refractivity contribution in [3.05, 3.63) is 60.4 Å². The SMILES string of the molecule is COC(=O)N[C@H](C(=O)N1[C@H](c2ncc(-c3ccc4c(c3)Oc3ccc(-c5cnc([C@@H]6C[C@@H]7CCC[C@@H]7N6C(=O)[C@@H](NC(=O)OC)[C@@H](C)O)[nH]5)cc3O4)[nH]2)C[C@@H]2CCC[C@@H]21)[C@@H](C)O. The van der Waals surface area contributed by atoms with Crippen molar-refractivity contribution in [3.63, 3.8) is 0 Å². The second kappa shape index (κ2) is 16.6. The number of methoxy groups -OCH3 is 2. The third-order valence-electron chi connectivity index (χ3n) is 13.4. The monoisotopic (exact) mass is 852 g/mol. The molecule has 2 aromatic heterocycles. The summed E-state index contributed by atoms with van der Waals surface area (Å²) < 4.78 is 22.2. The summed E-state index contributed by atoms with van der Waals surface area (Å²) in [6, 6.07) is 8.09. The predicted molar refractivity (Wildman–Crippen MR) is 221 cm³/mol. The van der Waals surface area contributed by atoms with Crippen LogP contribution < -0.4 is 20.1 Å². The molecule has 0 radical (unpaired) electrons. The minimum absolute atomic E-state index is 0.0207. The van der Waals surface area contributed by atoms with Crippen LogP contribution in [-0.2, 0) is 19.1 Å². The maximum Gasteiger partial charge on any atom is 0.407 e. The molecule has 2 aliphatic carbocycles. The Hall–Kier alpha value is -6.14. The molecule has 2 saturated carbocycles. The molecule has 2 aromatic carbocycles. The van der Waals surface area contributed by atoms with E-state index in [1.807, 2.05) is 36.4 Å². The van der Waals surface area contributed by atoms with Crippen LogP contribution in [0.5, 0.6) is 23.0 Å². The van der Waals surface area contributed by atoms with Crippen LogP contribution in [0.25, 0.3) is 22.5 Å². The number of H-pyrrole nitrogens is 2. The van der Waals surface area contributed by atoms with Crippen LogP contribution >= 0.6 is 0 Å². The van der Waals surface area contributed by atoms with Gasteiger partial charge in [-0.3, -0.25) is 9.59 Å². The number of alkyl carbamates (subject to hydrolysis) is 2. The van der Waals surface area contributed by atoms with Crippen LogP contribution in [0.3, 0.4) is 0 Å². The number of hydrogen-bond donors (Lipinski definition) is 6. The van der Waals surface area contributed by atoms with Crippen LogP contribution in [0.1, 0.15) is 88.9 Å². The number of aliphatic hydroxyl groups excluding tert-OH is 2. The minimum atomic E-state index is -1.17. The van der Waals surface area contributed by atoms with Gasteiger partial charge in [0.25, 0.3) is 0 Å². The molecule has 2 saturated heterocycles. The van der Waals surface area contributed by atoms with E-state index < -0.39 is 36.5 Å². The number of carbonyl (C=O) groups is 4. The third kappa shape index (κ3) is 7.48. The van der Waals surface area contributed by atoms with Crippen LogP contribution in [-0.4, -0.2) is 115 Å². The highest BCUT2D eigenvalue weighted by Crippen LogP contribution is 2.51. The van der Waals surface area contributed by atoms with E-state index in [0.29, 0.717) is 47.5 Å². The number of hydrogen-bond acceptors (Lipinski definition) is 12. The Morgan fingerprint density at radius 2 is 1.10 bits per heavy atom. The van der Waals surface area contributed by atoms with Gasteiger partial charge in [-0.05, 0) is 101 Å². The molecular weight excluding hydrogens is 801 g/mol. The first-order valence-electron chi connectivity index (χ1n) is 21.4. The van der Waals surface area contributed by atoms with E-state index in [1.54, 1.807) is 22.2 Å². The first-order chi connectivity index (χ1) is 29.9. The van der Waals surface area contributed by atoms with Crippen molar-refractivity contribution in [1.29, 1.82) is 0 Å². The Morgan fingerprint density at radius 3 is 1.48 bits per heavy atom. The maximum absolute atomic E-state index is 14.0. The van der Waals surface area contributed by atoms with Crippen molar-refractivity contribution >= 4 is 24.0 Å². The molecule has 4 amide bonds. The molecule has 18 nitrogen and oxygen atoms in total. The zero-order valence-corrected chi connectivity index (χ0v) is 35.0. The molecule has 0 bridgehead atoms. The van der Waals surface area contributed by atoms with Crippen molar-refractivity contribution < 1.29 is 48.3 Å². The molecule has 0 spiro atoms. The lowest BCUT2D eigenvalue weighted by molar-refractivity contribution is -0.140. The number of aromatic nitrogens is 4. The summed E-state index contributed by atoms with van der Waals surface area (Å²) >= 11 is 0. The normalized spacial score (nSPS) is 25.3. The molecule has 10 atom stereocenters. The van der Waals surface area contributed by atoms with Crippen LogP contribution in [0, 0.1) is 11.8 Å². The molecule has 4 aromatic rings. The number of fused-ring (bicyclic) bond motifs is 4. The minimum Gasteiger partial charge on any atom is -0.453 e. The van der Waals surface area contributed by atoms with E-state index in [0.717, 1.165) is 61.0 Å². The van der Waals surface area contributed by atoms with E-state index in [1.165, 1.54) is 28.1 Å². The van der Waals surface area contributed by atoms with Gasteiger partial charge in [0.1, 0.15) is 23.7 Å². The fourth-order valence-corrected chi connectivity index (χ4v) is 10.4. The average Bonchev–Trinajstić information content (AvgIpc) is 4.12. The molecule has 3 aliphatic heterocycles. The van der Waals surface area contributed by atoms with Crippen molar-refractivity contribution in [3.8, 4) is 45.5 Å². The van der Waals surface area contributed by atoms with Gasteiger partial charge in [0, 0.05) is 23.2 Å². The van der Waals surface area contributed by atoms with Crippen molar-refractivity contribution in [1.82, 2.24) is 40.4 Å². The number of carbonyl (C=O) groups excluding carboxylic acids is 4. The average molecular weight is 853 g/mol. The number of aliphatic hydroxyl groups is 2. The molecule has 4 fully saturated rings. The van der Waals surface area contributed by atoms with Gasteiger partial charge in [0.15, 0.2) is 23.0 Å². The first kappa shape index (κ1) is 41.2. The molecule has 18 heteroatoms. The summed E-state index contributed by atoms with van der Waals surface area (Å²) in [5.41, 5.74) is 3.04. The zero-order chi connectivity index (χ0) is 43.4. The van der Waals surface area contributed by atoms with Gasteiger partial charge in [-0.15, -0.1) is 0 Å². The fraction of sp³-hybridized carbons (Fsp3) is 0.500. The number of rotatable bonds is 10. The maximum atomic E-state index is 14.0. The number of benzene rings is 2. The standard InChI is InChI=1S/C44H52N8O10/c1-21(53)37(49-43(57)59-3)41(55)51-29-9-5-7-25(29)15-31(51)39-45-19-27(47-39)23-11-13-33-35(17-23)61-34-14-12-24(18-36(34)62-33)28-20-46-40(48-28)32-16-26-8-6-10-30(26)52(32)42(56)38(22(2)54)50-44(58)60-4/h11-14,17-22,25-26,29-32,37-38,53-54H,5-10,15-16H2,1-4H3,(H,45,47)(H,46,48)(H,49,57)(H,50,58)/t21-,22-,25+,26+,29+,30+,31+,32+,37+,38+/m1/s1. The molecule has 0 unspecified atom stereocenters. The zero-order valence-electron chi connectivity index (χ0n) is 35.0. The number of nitrogens with one attached hydrogen (secondary N) is 4. The second-order valence-electron chi connectivity index (χ2n) is 17.1. The van der Waals surface area contributed by atoms with E-state index in [-0.39, 0.29) is 47.8 Å². The summed E-state index contributed by atoms with van der Waals surface area (Å²) in [6.07, 6.45) is 6.70. The predicted octanol–water partition coefficient (Wildman–Crippen LogP) is 5.46. The lowest BCUT2D eigenvalue weighted by Gasteiger charge is -2.33. The van der Waals surface area contributed by atoms with Gasteiger partial charge in [-0.1, -0.05) is 12.8 Å². The van der Waals surface area contributed by atoms with Gasteiger partial charge in [0.2, 0.25) is 11.8 Å². The molecule has 328 valence electrons. The molecule has 62 heavy (non-hydrogen) atoms.